The molecule has 1 N–H and O–H groups in total. The fourth-order valence-electron chi connectivity index (χ4n) is 2.68. The lowest BCUT2D eigenvalue weighted by Gasteiger charge is -2.27. The fraction of sp³-hybridized carbons (Fsp3) is 0.250. The lowest BCUT2D eigenvalue weighted by atomic mass is 10.0. The van der Waals surface area contributed by atoms with Gasteiger partial charge in [-0.1, -0.05) is 35.9 Å². The Hall–Kier alpha value is -1.52. The first-order valence-electron chi connectivity index (χ1n) is 6.82. The van der Waals surface area contributed by atoms with E-state index in [1.54, 1.807) is 12.1 Å². The lowest BCUT2D eigenvalue weighted by molar-refractivity contribution is 0.576. The number of nitrogens with one attached hydrogen (secondary N) is 1. The van der Waals surface area contributed by atoms with Crippen molar-refractivity contribution in [1.82, 2.24) is 0 Å². The van der Waals surface area contributed by atoms with Gasteiger partial charge in [0.1, 0.15) is 0 Å². The largest absolute Gasteiger partial charge is 0.378 e. The van der Waals surface area contributed by atoms with Crippen molar-refractivity contribution >= 4 is 27.1 Å². The minimum Gasteiger partial charge on any atom is -0.378 e. The summed E-state index contributed by atoms with van der Waals surface area (Å²) in [5, 5.41) is 4.10. The standard InChI is InChI=1S/C16H16ClNO2S/c1-11-6-7-12(17)10-15(11)18-14-8-9-21(19,20)16-5-3-2-4-13(14)16/h2-7,10,14,18H,8-9H2,1H3. The molecule has 0 aliphatic carbocycles. The van der Waals surface area contributed by atoms with Crippen LogP contribution in [0.3, 0.4) is 0 Å². The molecule has 1 aliphatic heterocycles. The third-order valence-corrected chi connectivity index (χ3v) is 5.88. The van der Waals surface area contributed by atoms with Crippen LogP contribution < -0.4 is 5.32 Å². The highest BCUT2D eigenvalue weighted by molar-refractivity contribution is 7.91. The normalized spacial score (nSPS) is 19.8. The van der Waals surface area contributed by atoms with Gasteiger partial charge < -0.3 is 5.32 Å². The Bertz CT molecular complexity index is 787. The summed E-state index contributed by atoms with van der Waals surface area (Å²) < 4.78 is 24.3. The maximum atomic E-state index is 12.1. The van der Waals surface area contributed by atoms with Crippen molar-refractivity contribution < 1.29 is 8.42 Å². The highest BCUT2D eigenvalue weighted by Crippen LogP contribution is 2.35. The van der Waals surface area contributed by atoms with Crippen molar-refractivity contribution in [2.24, 2.45) is 0 Å². The minimum absolute atomic E-state index is 0.0121. The van der Waals surface area contributed by atoms with Crippen molar-refractivity contribution in [1.29, 1.82) is 0 Å². The second kappa shape index (κ2) is 5.35. The zero-order valence-electron chi connectivity index (χ0n) is 11.6. The molecule has 3 nitrogen and oxygen atoms in total. The molecular weight excluding hydrogens is 306 g/mol. The number of anilines is 1. The van der Waals surface area contributed by atoms with Gasteiger partial charge in [0.15, 0.2) is 9.84 Å². The van der Waals surface area contributed by atoms with E-state index in [9.17, 15) is 8.42 Å². The van der Waals surface area contributed by atoms with E-state index in [0.29, 0.717) is 16.3 Å². The van der Waals surface area contributed by atoms with Gasteiger partial charge in [0.2, 0.25) is 0 Å². The quantitative estimate of drug-likeness (QED) is 0.910. The van der Waals surface area contributed by atoms with Gasteiger partial charge in [0.25, 0.3) is 0 Å². The summed E-state index contributed by atoms with van der Waals surface area (Å²) in [5.41, 5.74) is 2.87. The number of aryl methyl sites for hydroxylation is 1. The highest BCUT2D eigenvalue weighted by atomic mass is 35.5. The van der Waals surface area contributed by atoms with Gasteiger partial charge in [0, 0.05) is 10.7 Å². The number of fused-ring (bicyclic) bond motifs is 1. The van der Waals surface area contributed by atoms with Crippen molar-refractivity contribution in [2.45, 2.75) is 24.3 Å². The zero-order valence-corrected chi connectivity index (χ0v) is 13.2. The molecule has 0 radical (unpaired) electrons. The van der Waals surface area contributed by atoms with Crippen LogP contribution in [-0.2, 0) is 9.84 Å². The van der Waals surface area contributed by atoms with Crippen LogP contribution in [0.15, 0.2) is 47.4 Å². The predicted octanol–water partition coefficient (Wildman–Crippen LogP) is 3.98. The first-order valence-corrected chi connectivity index (χ1v) is 8.85. The van der Waals surface area contributed by atoms with Crippen LogP contribution in [0, 0.1) is 6.92 Å². The average molecular weight is 322 g/mol. The third kappa shape index (κ3) is 2.78. The van der Waals surface area contributed by atoms with Gasteiger partial charge in [-0.25, -0.2) is 8.42 Å². The van der Waals surface area contributed by atoms with Crippen molar-refractivity contribution in [2.75, 3.05) is 11.1 Å². The summed E-state index contributed by atoms with van der Waals surface area (Å²) in [6, 6.07) is 12.9. The van der Waals surface area contributed by atoms with Crippen molar-refractivity contribution in [3.05, 3.63) is 58.6 Å². The highest BCUT2D eigenvalue weighted by Gasteiger charge is 2.29. The Kier molecular flexibility index (Phi) is 3.68. The van der Waals surface area contributed by atoms with E-state index < -0.39 is 9.84 Å². The summed E-state index contributed by atoms with van der Waals surface area (Å²) >= 11 is 6.04. The second-order valence-electron chi connectivity index (χ2n) is 5.30. The number of sulfone groups is 1. The van der Waals surface area contributed by atoms with Crippen LogP contribution in [0.4, 0.5) is 5.69 Å². The molecule has 0 saturated heterocycles. The second-order valence-corrected chi connectivity index (χ2v) is 7.82. The molecule has 5 heteroatoms. The van der Waals surface area contributed by atoms with E-state index in [0.717, 1.165) is 16.8 Å². The predicted molar refractivity (Wildman–Crippen MR) is 85.7 cm³/mol. The monoisotopic (exact) mass is 321 g/mol. The van der Waals surface area contributed by atoms with Crippen LogP contribution in [0.1, 0.15) is 23.6 Å². The van der Waals surface area contributed by atoms with Gasteiger partial charge in [-0.05, 0) is 42.7 Å². The molecule has 1 unspecified atom stereocenters. The molecule has 0 saturated carbocycles. The molecule has 0 fully saturated rings. The van der Waals surface area contributed by atoms with E-state index in [2.05, 4.69) is 5.32 Å². The minimum atomic E-state index is -3.15. The summed E-state index contributed by atoms with van der Waals surface area (Å²) in [6.07, 6.45) is 0.561. The van der Waals surface area contributed by atoms with Gasteiger partial charge in [-0.3, -0.25) is 0 Å². The summed E-state index contributed by atoms with van der Waals surface area (Å²) in [6.45, 7) is 2.00. The van der Waals surface area contributed by atoms with Crippen LogP contribution in [0.5, 0.6) is 0 Å². The number of hydrogen-bond donors (Lipinski definition) is 1. The zero-order chi connectivity index (χ0) is 15.0. The van der Waals surface area contributed by atoms with Crippen LogP contribution >= 0.6 is 11.6 Å². The first-order chi connectivity index (χ1) is 9.97. The molecule has 3 rings (SSSR count). The Morgan fingerprint density at radius 3 is 2.76 bits per heavy atom. The number of hydrogen-bond acceptors (Lipinski definition) is 3. The van der Waals surface area contributed by atoms with Crippen LogP contribution in [0.25, 0.3) is 0 Å². The molecule has 0 amide bonds. The summed E-state index contributed by atoms with van der Waals surface area (Å²) in [4.78, 5) is 0.438. The molecule has 2 aromatic rings. The maximum Gasteiger partial charge on any atom is 0.178 e. The smallest absolute Gasteiger partial charge is 0.178 e. The topological polar surface area (TPSA) is 46.2 Å². The van der Waals surface area contributed by atoms with E-state index in [-0.39, 0.29) is 11.8 Å². The SMILES string of the molecule is Cc1ccc(Cl)cc1NC1CCS(=O)(=O)c2ccccc21. The maximum absolute atomic E-state index is 12.1. The van der Waals surface area contributed by atoms with Gasteiger partial charge >= 0.3 is 0 Å². The molecule has 1 aliphatic rings. The Labute approximate surface area is 129 Å². The number of halogens is 1. The molecule has 1 atom stereocenters. The first kappa shape index (κ1) is 14.4. The number of rotatable bonds is 2. The van der Waals surface area contributed by atoms with Gasteiger partial charge in [0.05, 0.1) is 16.7 Å². The number of benzene rings is 2. The Balaban J connectivity index is 1.99. The molecule has 0 bridgehead atoms. The Morgan fingerprint density at radius 1 is 1.19 bits per heavy atom. The van der Waals surface area contributed by atoms with Crippen molar-refractivity contribution in [3.8, 4) is 0 Å². The van der Waals surface area contributed by atoms with E-state index in [1.165, 1.54) is 0 Å². The average Bonchev–Trinajstić information content (AvgIpc) is 2.46. The molecule has 21 heavy (non-hydrogen) atoms. The van der Waals surface area contributed by atoms with E-state index >= 15 is 0 Å². The summed E-state index contributed by atoms with van der Waals surface area (Å²) in [7, 11) is -3.15. The molecule has 0 spiro atoms. The molecule has 2 aromatic carbocycles. The van der Waals surface area contributed by atoms with Crippen LogP contribution in [0.2, 0.25) is 5.02 Å². The lowest BCUT2D eigenvalue weighted by Crippen LogP contribution is -2.24. The fourth-order valence-corrected chi connectivity index (χ4v) is 4.47. The van der Waals surface area contributed by atoms with E-state index in [1.807, 2.05) is 37.3 Å². The molecule has 110 valence electrons. The van der Waals surface area contributed by atoms with Crippen molar-refractivity contribution in [3.63, 3.8) is 0 Å². The van der Waals surface area contributed by atoms with Crippen LogP contribution in [-0.4, -0.2) is 14.2 Å². The molecular formula is C16H16ClNO2S. The van der Waals surface area contributed by atoms with E-state index in [4.69, 9.17) is 11.6 Å². The van der Waals surface area contributed by atoms with Gasteiger partial charge in [-0.2, -0.15) is 0 Å². The third-order valence-electron chi connectivity index (χ3n) is 3.83. The van der Waals surface area contributed by atoms with Gasteiger partial charge in [-0.15, -0.1) is 0 Å². The Morgan fingerprint density at radius 2 is 1.95 bits per heavy atom. The molecule has 0 aromatic heterocycles. The molecule has 1 heterocycles. The summed E-state index contributed by atoms with van der Waals surface area (Å²) in [5.74, 6) is 0.168.